The van der Waals surface area contributed by atoms with Crippen LogP contribution in [-0.2, 0) is 22.6 Å². The summed E-state index contributed by atoms with van der Waals surface area (Å²) < 4.78 is 17.0. The van der Waals surface area contributed by atoms with E-state index in [0.29, 0.717) is 59.0 Å². The third-order valence-corrected chi connectivity index (χ3v) is 8.98. The molecular weight excluding hydrogens is 580 g/mol. The maximum Gasteiger partial charge on any atom is 0.312 e. The fourth-order valence-corrected chi connectivity index (χ4v) is 6.44. The highest BCUT2D eigenvalue weighted by Crippen LogP contribution is 2.39. The smallest absolute Gasteiger partial charge is 0.312 e. The fourth-order valence-electron chi connectivity index (χ4n) is 6.27. The zero-order chi connectivity index (χ0) is 31.5. The molecule has 9 heteroatoms. The van der Waals surface area contributed by atoms with Crippen molar-refractivity contribution in [2.45, 2.75) is 46.1 Å². The largest absolute Gasteiger partial charge is 0.493 e. The molecule has 8 nitrogen and oxygen atoms in total. The standard InChI is InChI=1S/C35H39ClN2O6/c1-21-6-9-29(22(2)14-21)44-30-18-27(36)8-7-24(30)20-37(3)34(40)35(41)38-12-10-23(11-13-38)15-26-16-25-17-31(42-4)32(43-5)19-28(25)33(26)39/h6-9,14,17-19,23,26H,10-13,15-16,20H2,1-5H3. The number of carbonyl (C=O) groups excluding carboxylic acids is 3. The maximum atomic E-state index is 13.2. The molecule has 3 aromatic carbocycles. The Kier molecular flexibility index (Phi) is 9.49. The molecule has 0 saturated carbocycles. The topological polar surface area (TPSA) is 85.4 Å². The Morgan fingerprint density at radius 1 is 0.932 bits per heavy atom. The summed E-state index contributed by atoms with van der Waals surface area (Å²) in [5.41, 5.74) is 4.56. The number of carbonyl (C=O) groups is 3. The molecule has 2 amide bonds. The first-order valence-electron chi connectivity index (χ1n) is 14.9. The molecule has 0 spiro atoms. The number of benzene rings is 3. The lowest BCUT2D eigenvalue weighted by molar-refractivity contribution is -0.152. The van der Waals surface area contributed by atoms with Crippen molar-refractivity contribution in [3.63, 3.8) is 0 Å². The average Bonchev–Trinajstić information content (AvgIpc) is 3.31. The van der Waals surface area contributed by atoms with Gasteiger partial charge in [0.15, 0.2) is 17.3 Å². The Hall–Kier alpha value is -4.04. The minimum absolute atomic E-state index is 0.0960. The number of methoxy groups -OCH3 is 2. The van der Waals surface area contributed by atoms with Crippen LogP contribution in [0.3, 0.4) is 0 Å². The summed E-state index contributed by atoms with van der Waals surface area (Å²) in [6.45, 7) is 5.16. The number of hydrogen-bond acceptors (Lipinski definition) is 6. The lowest BCUT2D eigenvalue weighted by atomic mass is 9.85. The van der Waals surface area contributed by atoms with Crippen LogP contribution >= 0.6 is 11.6 Å². The van der Waals surface area contributed by atoms with Crippen molar-refractivity contribution in [1.29, 1.82) is 0 Å². The molecule has 0 radical (unpaired) electrons. The monoisotopic (exact) mass is 618 g/mol. The highest BCUT2D eigenvalue weighted by atomic mass is 35.5. The van der Waals surface area contributed by atoms with Gasteiger partial charge in [0, 0.05) is 48.7 Å². The maximum absolute atomic E-state index is 13.2. The number of likely N-dealkylation sites (N-methyl/N-ethyl adjacent to an activating group) is 1. The highest BCUT2D eigenvalue weighted by molar-refractivity contribution is 6.34. The fraction of sp³-hybridized carbons (Fsp3) is 0.400. The number of fused-ring (bicyclic) bond motifs is 1. The zero-order valence-electron chi connectivity index (χ0n) is 25.9. The average molecular weight is 619 g/mol. The quantitative estimate of drug-likeness (QED) is 0.271. The molecule has 5 rings (SSSR count). The molecule has 232 valence electrons. The number of amides is 2. The minimum Gasteiger partial charge on any atom is -0.493 e. The van der Waals surface area contributed by atoms with Crippen molar-refractivity contribution in [1.82, 2.24) is 9.80 Å². The van der Waals surface area contributed by atoms with Crippen LogP contribution in [0.25, 0.3) is 0 Å². The van der Waals surface area contributed by atoms with E-state index in [9.17, 15) is 14.4 Å². The van der Waals surface area contributed by atoms with Gasteiger partial charge in [0.1, 0.15) is 11.5 Å². The van der Waals surface area contributed by atoms with Gasteiger partial charge < -0.3 is 24.0 Å². The van der Waals surface area contributed by atoms with Crippen molar-refractivity contribution in [2.75, 3.05) is 34.4 Å². The first kappa shape index (κ1) is 31.4. The molecule has 1 unspecified atom stereocenters. The molecule has 1 aliphatic carbocycles. The number of likely N-dealkylation sites (tertiary alicyclic amines) is 1. The van der Waals surface area contributed by atoms with E-state index in [4.69, 9.17) is 25.8 Å². The van der Waals surface area contributed by atoms with Crippen molar-refractivity contribution < 1.29 is 28.6 Å². The van der Waals surface area contributed by atoms with Crippen molar-refractivity contribution in [3.05, 3.63) is 81.4 Å². The van der Waals surface area contributed by atoms with Crippen molar-refractivity contribution in [3.8, 4) is 23.0 Å². The van der Waals surface area contributed by atoms with E-state index in [-0.39, 0.29) is 18.2 Å². The summed E-state index contributed by atoms with van der Waals surface area (Å²) in [5.74, 6) is 1.69. The van der Waals surface area contributed by atoms with Crippen LogP contribution in [0.15, 0.2) is 48.5 Å². The normalized spacial score (nSPS) is 16.5. The molecule has 1 fully saturated rings. The van der Waals surface area contributed by atoms with Gasteiger partial charge in [-0.1, -0.05) is 35.4 Å². The van der Waals surface area contributed by atoms with Gasteiger partial charge in [-0.15, -0.1) is 0 Å². The molecule has 3 aromatic rings. The second-order valence-electron chi connectivity index (χ2n) is 11.9. The molecule has 1 atom stereocenters. The van der Waals surface area contributed by atoms with Gasteiger partial charge >= 0.3 is 11.8 Å². The predicted octanol–water partition coefficient (Wildman–Crippen LogP) is 6.41. The van der Waals surface area contributed by atoms with Crippen LogP contribution in [0.5, 0.6) is 23.0 Å². The van der Waals surface area contributed by atoms with E-state index in [1.54, 1.807) is 44.4 Å². The molecule has 0 bridgehead atoms. The van der Waals surface area contributed by atoms with Gasteiger partial charge in [-0.2, -0.15) is 0 Å². The molecular formula is C35H39ClN2O6. The SMILES string of the molecule is COc1cc2c(cc1OC)C(=O)C(CC1CCN(C(=O)C(=O)N(C)Cc3ccc(Cl)cc3Oc3ccc(C)cc3C)CC1)C2. The van der Waals surface area contributed by atoms with Crippen LogP contribution in [0.4, 0.5) is 0 Å². The van der Waals surface area contributed by atoms with Crippen LogP contribution in [0.1, 0.15) is 51.9 Å². The number of aryl methyl sites for hydroxylation is 2. The second kappa shape index (κ2) is 13.3. The number of hydrogen-bond donors (Lipinski definition) is 0. The van der Waals surface area contributed by atoms with Crippen molar-refractivity contribution >= 4 is 29.2 Å². The number of nitrogens with zero attached hydrogens (tertiary/aromatic N) is 2. The number of ketones is 1. The van der Waals surface area contributed by atoms with Gasteiger partial charge in [-0.3, -0.25) is 14.4 Å². The first-order valence-corrected chi connectivity index (χ1v) is 15.3. The Balaban J connectivity index is 1.16. The Morgan fingerprint density at radius 2 is 1.64 bits per heavy atom. The Bertz CT molecular complexity index is 1580. The molecule has 1 saturated heterocycles. The van der Waals surface area contributed by atoms with E-state index in [2.05, 4.69) is 0 Å². The van der Waals surface area contributed by atoms with E-state index < -0.39 is 11.8 Å². The summed E-state index contributed by atoms with van der Waals surface area (Å²) in [4.78, 5) is 42.6. The van der Waals surface area contributed by atoms with E-state index in [0.717, 1.165) is 41.5 Å². The third-order valence-electron chi connectivity index (χ3n) is 8.75. The van der Waals surface area contributed by atoms with Crippen LogP contribution in [0, 0.1) is 25.7 Å². The van der Waals surface area contributed by atoms with Crippen LogP contribution in [-0.4, -0.2) is 61.8 Å². The zero-order valence-corrected chi connectivity index (χ0v) is 26.7. The summed E-state index contributed by atoms with van der Waals surface area (Å²) >= 11 is 6.27. The van der Waals surface area contributed by atoms with Crippen LogP contribution in [0.2, 0.25) is 5.02 Å². The summed E-state index contributed by atoms with van der Waals surface area (Å²) in [6.07, 6.45) is 2.94. The number of piperidine rings is 1. The lowest BCUT2D eigenvalue weighted by Gasteiger charge is -2.33. The minimum atomic E-state index is -0.569. The highest BCUT2D eigenvalue weighted by Gasteiger charge is 2.36. The Labute approximate surface area is 263 Å². The van der Waals surface area contributed by atoms with Crippen molar-refractivity contribution in [2.24, 2.45) is 11.8 Å². The van der Waals surface area contributed by atoms with Gasteiger partial charge in [-0.25, -0.2) is 0 Å². The lowest BCUT2D eigenvalue weighted by Crippen LogP contribution is -2.47. The number of Topliss-reactive ketones (excluding diaryl/α,β-unsaturated/α-hetero) is 1. The van der Waals surface area contributed by atoms with E-state index in [1.165, 1.54) is 4.90 Å². The number of ether oxygens (including phenoxy) is 3. The van der Waals surface area contributed by atoms with E-state index >= 15 is 0 Å². The summed E-state index contributed by atoms with van der Waals surface area (Å²) in [6, 6.07) is 14.9. The molecule has 1 aliphatic heterocycles. The van der Waals surface area contributed by atoms with Gasteiger partial charge in [0.25, 0.3) is 0 Å². The summed E-state index contributed by atoms with van der Waals surface area (Å²) in [5, 5.41) is 0.518. The molecule has 0 N–H and O–H groups in total. The van der Waals surface area contributed by atoms with Gasteiger partial charge in [0.2, 0.25) is 0 Å². The summed E-state index contributed by atoms with van der Waals surface area (Å²) in [7, 11) is 4.78. The molecule has 2 aliphatic rings. The van der Waals surface area contributed by atoms with Crippen LogP contribution < -0.4 is 14.2 Å². The number of halogens is 1. The number of rotatable bonds is 8. The third kappa shape index (κ3) is 6.70. The Morgan fingerprint density at radius 3 is 2.32 bits per heavy atom. The van der Waals surface area contributed by atoms with Gasteiger partial charge in [-0.05, 0) is 86.9 Å². The molecule has 1 heterocycles. The second-order valence-corrected chi connectivity index (χ2v) is 12.3. The van der Waals surface area contributed by atoms with Gasteiger partial charge in [0.05, 0.1) is 14.2 Å². The predicted molar refractivity (Wildman–Crippen MR) is 169 cm³/mol. The van der Waals surface area contributed by atoms with E-state index in [1.807, 2.05) is 44.2 Å². The first-order chi connectivity index (χ1) is 21.1. The molecule has 0 aromatic heterocycles. The molecule has 44 heavy (non-hydrogen) atoms.